The first-order valence-electron chi connectivity index (χ1n) is 5.90. The molecule has 0 unspecified atom stereocenters. The first-order chi connectivity index (χ1) is 8.99. The van der Waals surface area contributed by atoms with E-state index < -0.39 is 5.82 Å². The summed E-state index contributed by atoms with van der Waals surface area (Å²) in [7, 11) is 1.36. The van der Waals surface area contributed by atoms with Crippen LogP contribution in [0.4, 0.5) is 4.39 Å². The molecule has 104 valence electrons. The van der Waals surface area contributed by atoms with E-state index in [-0.39, 0.29) is 11.7 Å². The monoisotopic (exact) mass is 284 g/mol. The molecule has 6 heteroatoms. The number of thiocarbonyl (C=S) groups is 1. The third-order valence-electron chi connectivity index (χ3n) is 2.70. The van der Waals surface area contributed by atoms with Crippen LogP contribution in [0, 0.1) is 5.82 Å². The lowest BCUT2D eigenvalue weighted by Crippen LogP contribution is -2.33. The van der Waals surface area contributed by atoms with Crippen LogP contribution >= 0.6 is 12.2 Å². The zero-order valence-corrected chi connectivity index (χ0v) is 11.8. The highest BCUT2D eigenvalue weighted by atomic mass is 32.1. The second-order valence-electron chi connectivity index (χ2n) is 3.95. The van der Waals surface area contributed by atoms with E-state index in [1.807, 2.05) is 6.92 Å². The molecular formula is C13H17FN2O2S. The standard InChI is InChI=1S/C13H17FN2O2S/c1-3-16(7-6-12(15)19)13(17)9-4-5-10(14)11(8-9)18-2/h4-5,8H,3,6-7H2,1-2H3,(H2,15,19). The molecule has 0 bridgehead atoms. The van der Waals surface area contributed by atoms with Gasteiger partial charge in [0.1, 0.15) is 0 Å². The van der Waals surface area contributed by atoms with E-state index in [0.717, 1.165) is 0 Å². The summed E-state index contributed by atoms with van der Waals surface area (Å²) in [5, 5.41) is 0. The number of nitrogens with two attached hydrogens (primary N) is 1. The average molecular weight is 284 g/mol. The fourth-order valence-electron chi connectivity index (χ4n) is 1.62. The van der Waals surface area contributed by atoms with Crippen molar-refractivity contribution in [3.63, 3.8) is 0 Å². The molecule has 0 saturated heterocycles. The van der Waals surface area contributed by atoms with Crippen molar-refractivity contribution in [2.75, 3.05) is 20.2 Å². The number of halogens is 1. The molecule has 0 atom stereocenters. The smallest absolute Gasteiger partial charge is 0.253 e. The summed E-state index contributed by atoms with van der Waals surface area (Å²) in [5.74, 6) is -0.640. The molecule has 1 rings (SSSR count). The van der Waals surface area contributed by atoms with Gasteiger partial charge in [-0.15, -0.1) is 0 Å². The first-order valence-corrected chi connectivity index (χ1v) is 6.31. The van der Waals surface area contributed by atoms with Gasteiger partial charge in [-0.25, -0.2) is 4.39 Å². The van der Waals surface area contributed by atoms with Gasteiger partial charge in [0.05, 0.1) is 12.1 Å². The van der Waals surface area contributed by atoms with Gasteiger partial charge in [-0.1, -0.05) is 12.2 Å². The zero-order chi connectivity index (χ0) is 14.4. The van der Waals surface area contributed by atoms with Crippen LogP contribution in [0.3, 0.4) is 0 Å². The second-order valence-corrected chi connectivity index (χ2v) is 4.47. The topological polar surface area (TPSA) is 55.6 Å². The number of rotatable bonds is 6. The van der Waals surface area contributed by atoms with E-state index in [0.29, 0.717) is 30.1 Å². The Kier molecular flexibility index (Phi) is 5.69. The minimum atomic E-state index is -0.495. The number of amides is 1. The van der Waals surface area contributed by atoms with Crippen LogP contribution in [0.1, 0.15) is 23.7 Å². The minimum Gasteiger partial charge on any atom is -0.494 e. The number of carbonyl (C=O) groups is 1. The first kappa shape index (κ1) is 15.4. The SMILES string of the molecule is CCN(CCC(N)=S)C(=O)c1ccc(F)c(OC)c1. The Balaban J connectivity index is 2.87. The van der Waals surface area contributed by atoms with Gasteiger partial charge in [-0.05, 0) is 25.1 Å². The van der Waals surface area contributed by atoms with Crippen LogP contribution in [0.5, 0.6) is 5.75 Å². The maximum Gasteiger partial charge on any atom is 0.253 e. The normalized spacial score (nSPS) is 10.1. The van der Waals surface area contributed by atoms with E-state index in [2.05, 4.69) is 0 Å². The summed E-state index contributed by atoms with van der Waals surface area (Å²) in [6, 6.07) is 4.04. The highest BCUT2D eigenvalue weighted by Crippen LogP contribution is 2.19. The molecule has 0 heterocycles. The van der Waals surface area contributed by atoms with Crippen molar-refractivity contribution < 1.29 is 13.9 Å². The highest BCUT2D eigenvalue weighted by molar-refractivity contribution is 7.80. The molecule has 0 aromatic heterocycles. The van der Waals surface area contributed by atoms with E-state index in [9.17, 15) is 9.18 Å². The molecule has 0 fully saturated rings. The highest BCUT2D eigenvalue weighted by Gasteiger charge is 2.16. The van der Waals surface area contributed by atoms with Crippen LogP contribution in [0.2, 0.25) is 0 Å². The molecule has 0 aliphatic heterocycles. The molecule has 1 aromatic carbocycles. The number of nitrogens with zero attached hydrogens (tertiary/aromatic N) is 1. The largest absolute Gasteiger partial charge is 0.494 e. The van der Waals surface area contributed by atoms with Gasteiger partial charge in [-0.2, -0.15) is 0 Å². The van der Waals surface area contributed by atoms with Crippen molar-refractivity contribution in [1.82, 2.24) is 4.90 Å². The zero-order valence-electron chi connectivity index (χ0n) is 11.0. The minimum absolute atomic E-state index is 0.0521. The summed E-state index contributed by atoms with van der Waals surface area (Å²) in [4.78, 5) is 14.2. The fraction of sp³-hybridized carbons (Fsp3) is 0.385. The molecule has 1 aromatic rings. The Hall–Kier alpha value is -1.69. The predicted molar refractivity (Wildman–Crippen MR) is 75.9 cm³/mol. The van der Waals surface area contributed by atoms with Crippen LogP contribution in [0.15, 0.2) is 18.2 Å². The number of ether oxygens (including phenoxy) is 1. The molecule has 0 aliphatic rings. The van der Waals surface area contributed by atoms with E-state index in [1.165, 1.54) is 25.3 Å². The predicted octanol–water partition coefficient (Wildman–Crippen LogP) is 1.97. The molecular weight excluding hydrogens is 267 g/mol. The number of methoxy groups -OCH3 is 1. The van der Waals surface area contributed by atoms with Crippen molar-refractivity contribution in [3.8, 4) is 5.75 Å². The molecule has 1 amide bonds. The van der Waals surface area contributed by atoms with E-state index >= 15 is 0 Å². The average Bonchev–Trinajstić information content (AvgIpc) is 2.39. The van der Waals surface area contributed by atoms with Crippen molar-refractivity contribution in [3.05, 3.63) is 29.6 Å². The summed E-state index contributed by atoms with van der Waals surface area (Å²) < 4.78 is 18.1. The van der Waals surface area contributed by atoms with Gasteiger partial charge in [0.15, 0.2) is 11.6 Å². The van der Waals surface area contributed by atoms with Crippen LogP contribution in [-0.2, 0) is 0 Å². The number of hydrogen-bond donors (Lipinski definition) is 1. The lowest BCUT2D eigenvalue weighted by Gasteiger charge is -2.21. The molecule has 0 spiro atoms. The van der Waals surface area contributed by atoms with Crippen LogP contribution in [-0.4, -0.2) is 36.0 Å². The molecule has 0 aliphatic carbocycles. The van der Waals surface area contributed by atoms with Gasteiger partial charge in [-0.3, -0.25) is 4.79 Å². The molecule has 4 nitrogen and oxygen atoms in total. The third-order valence-corrected chi connectivity index (χ3v) is 2.90. The lowest BCUT2D eigenvalue weighted by molar-refractivity contribution is 0.0768. The molecule has 0 saturated carbocycles. The Labute approximate surface area is 117 Å². The van der Waals surface area contributed by atoms with Gasteiger partial charge < -0.3 is 15.4 Å². The van der Waals surface area contributed by atoms with Crippen molar-refractivity contribution >= 4 is 23.1 Å². The van der Waals surface area contributed by atoms with Crippen molar-refractivity contribution in [2.24, 2.45) is 5.73 Å². The summed E-state index contributed by atoms with van der Waals surface area (Å²) >= 11 is 4.79. The quantitative estimate of drug-likeness (QED) is 0.812. The molecule has 19 heavy (non-hydrogen) atoms. The Morgan fingerprint density at radius 3 is 2.74 bits per heavy atom. The number of carbonyl (C=O) groups excluding carboxylic acids is 1. The second kappa shape index (κ2) is 7.04. The summed E-state index contributed by atoms with van der Waals surface area (Å²) in [6.45, 7) is 2.84. The molecule has 2 N–H and O–H groups in total. The Bertz CT molecular complexity index is 480. The number of benzene rings is 1. The summed E-state index contributed by atoms with van der Waals surface area (Å²) in [5.41, 5.74) is 5.80. The van der Waals surface area contributed by atoms with Gasteiger partial charge >= 0.3 is 0 Å². The van der Waals surface area contributed by atoms with Crippen molar-refractivity contribution in [2.45, 2.75) is 13.3 Å². The maximum absolute atomic E-state index is 13.3. The van der Waals surface area contributed by atoms with E-state index in [4.69, 9.17) is 22.7 Å². The van der Waals surface area contributed by atoms with Crippen molar-refractivity contribution in [1.29, 1.82) is 0 Å². The lowest BCUT2D eigenvalue weighted by atomic mass is 10.1. The fourth-order valence-corrected chi connectivity index (χ4v) is 1.72. The Morgan fingerprint density at radius 1 is 1.53 bits per heavy atom. The van der Waals surface area contributed by atoms with Gasteiger partial charge in [0.2, 0.25) is 0 Å². The third kappa shape index (κ3) is 4.17. The number of hydrogen-bond acceptors (Lipinski definition) is 3. The van der Waals surface area contributed by atoms with Crippen LogP contribution in [0.25, 0.3) is 0 Å². The van der Waals surface area contributed by atoms with Gasteiger partial charge in [0, 0.05) is 25.1 Å². The van der Waals surface area contributed by atoms with Gasteiger partial charge in [0.25, 0.3) is 5.91 Å². The van der Waals surface area contributed by atoms with E-state index in [1.54, 1.807) is 4.90 Å². The van der Waals surface area contributed by atoms with Crippen LogP contribution < -0.4 is 10.5 Å². The summed E-state index contributed by atoms with van der Waals surface area (Å²) in [6.07, 6.45) is 0.466. The maximum atomic E-state index is 13.3. The molecule has 0 radical (unpaired) electrons. The Morgan fingerprint density at radius 2 is 2.21 bits per heavy atom.